The van der Waals surface area contributed by atoms with Crippen LogP contribution in [0.5, 0.6) is 0 Å². The molecule has 0 amide bonds. The quantitative estimate of drug-likeness (QED) is 0.677. The second kappa shape index (κ2) is 4.42. The predicted molar refractivity (Wildman–Crippen MR) is 96.0 cm³/mol. The molecule has 7 bridgehead atoms. The Bertz CT molecular complexity index is 710. The summed E-state index contributed by atoms with van der Waals surface area (Å²) in [7, 11) is 0. The minimum Gasteiger partial charge on any atom is -0.388 e. The molecule has 0 aromatic heterocycles. The van der Waals surface area contributed by atoms with E-state index in [2.05, 4.69) is 18.4 Å². The van der Waals surface area contributed by atoms with Gasteiger partial charge in [-0.2, -0.15) is 0 Å². The van der Waals surface area contributed by atoms with Gasteiger partial charge in [0.15, 0.2) is 0 Å². The Hall–Kier alpha value is -0.420. The summed E-state index contributed by atoms with van der Waals surface area (Å²) in [4.78, 5) is 2.60. The van der Waals surface area contributed by atoms with Crippen LogP contribution in [0.4, 0.5) is 0 Å². The van der Waals surface area contributed by atoms with E-state index in [1.54, 1.807) is 0 Å². The van der Waals surface area contributed by atoms with Crippen LogP contribution in [-0.2, 0) is 9.47 Å². The lowest BCUT2D eigenvalue weighted by molar-refractivity contribution is -0.422. The number of nitrogens with zero attached hydrogens (tertiary/aromatic N) is 1. The predicted octanol–water partition coefficient (Wildman–Crippen LogP) is 2.91. The molecule has 0 aromatic rings. The molecule has 5 saturated carbocycles. The Labute approximate surface area is 155 Å². The van der Waals surface area contributed by atoms with Crippen LogP contribution in [0.3, 0.4) is 0 Å². The minimum atomic E-state index is -0.345. The Morgan fingerprint density at radius 1 is 1.12 bits per heavy atom. The molecule has 142 valence electrons. The van der Waals surface area contributed by atoms with Crippen LogP contribution >= 0.6 is 0 Å². The maximum Gasteiger partial charge on any atom is 0.119 e. The van der Waals surface area contributed by atoms with Crippen molar-refractivity contribution < 1.29 is 14.6 Å². The highest BCUT2D eigenvalue weighted by atomic mass is 16.6. The molecule has 1 N–H and O–H groups in total. The van der Waals surface area contributed by atoms with Crippen molar-refractivity contribution in [1.29, 1.82) is 0 Å². The Morgan fingerprint density at radius 2 is 2.00 bits per heavy atom. The molecule has 5 aliphatic carbocycles. The van der Waals surface area contributed by atoms with Gasteiger partial charge in [0, 0.05) is 22.8 Å². The number of fused-ring (bicyclic) bond motifs is 4. The van der Waals surface area contributed by atoms with Crippen molar-refractivity contribution in [2.24, 2.45) is 34.0 Å². The van der Waals surface area contributed by atoms with Gasteiger partial charge in [0.1, 0.15) is 12.5 Å². The van der Waals surface area contributed by atoms with Crippen molar-refractivity contribution in [3.05, 3.63) is 12.2 Å². The highest BCUT2D eigenvalue weighted by Gasteiger charge is 2.80. The first-order valence-corrected chi connectivity index (χ1v) is 10.9. The minimum absolute atomic E-state index is 0.0511. The molecule has 4 heteroatoms. The smallest absolute Gasteiger partial charge is 0.119 e. The van der Waals surface area contributed by atoms with Gasteiger partial charge in [-0.1, -0.05) is 19.9 Å². The van der Waals surface area contributed by atoms with E-state index in [1.165, 1.54) is 32.1 Å². The second-order valence-electron chi connectivity index (χ2n) is 10.8. The highest BCUT2D eigenvalue weighted by Crippen LogP contribution is 2.79. The lowest BCUT2D eigenvalue weighted by atomic mass is 9.32. The number of rotatable bonds is 0. The SMILES string of the molecule is C=C1[C@H]2CC[C@@]3(C4C[C@@H]5[C@@]6(C)CCC[C@@]5(C(O4)N4CCO[C@H]46)[C@@H]3C2)[C@@H]1O. The first-order chi connectivity index (χ1) is 12.5. The zero-order valence-corrected chi connectivity index (χ0v) is 15.8. The van der Waals surface area contributed by atoms with Gasteiger partial charge in [0.25, 0.3) is 0 Å². The van der Waals surface area contributed by atoms with Gasteiger partial charge in [-0.05, 0) is 61.9 Å². The maximum atomic E-state index is 11.4. The molecule has 9 fully saturated rings. The lowest BCUT2D eigenvalue weighted by Crippen LogP contribution is -2.83. The third-order valence-corrected chi connectivity index (χ3v) is 10.5. The molecule has 2 unspecified atom stereocenters. The summed E-state index contributed by atoms with van der Waals surface area (Å²) in [5, 5.41) is 11.4. The maximum absolute atomic E-state index is 11.4. The molecule has 2 spiro atoms. The molecule has 0 radical (unpaired) electrons. The van der Waals surface area contributed by atoms with Gasteiger partial charge in [-0.25, -0.2) is 4.90 Å². The van der Waals surface area contributed by atoms with E-state index in [0.29, 0.717) is 17.8 Å². The Balaban J connectivity index is 1.45. The molecule has 4 saturated heterocycles. The monoisotopic (exact) mass is 357 g/mol. The average molecular weight is 357 g/mol. The first-order valence-electron chi connectivity index (χ1n) is 10.9. The summed E-state index contributed by atoms with van der Waals surface area (Å²) in [6.07, 6.45) is 8.94. The van der Waals surface area contributed by atoms with Crippen LogP contribution < -0.4 is 0 Å². The van der Waals surface area contributed by atoms with Gasteiger partial charge in [-0.3, -0.25) is 0 Å². The molecule has 10 atom stereocenters. The third-order valence-electron chi connectivity index (χ3n) is 10.5. The highest BCUT2D eigenvalue weighted by molar-refractivity contribution is 5.32. The number of aliphatic hydroxyl groups is 1. The fourth-order valence-corrected chi connectivity index (χ4v) is 9.72. The van der Waals surface area contributed by atoms with E-state index in [4.69, 9.17) is 9.47 Å². The zero-order valence-electron chi connectivity index (χ0n) is 15.8. The van der Waals surface area contributed by atoms with E-state index in [-0.39, 0.29) is 40.9 Å². The van der Waals surface area contributed by atoms with Gasteiger partial charge in [0.2, 0.25) is 0 Å². The van der Waals surface area contributed by atoms with Crippen molar-refractivity contribution >= 4 is 0 Å². The van der Waals surface area contributed by atoms with E-state index >= 15 is 0 Å². The van der Waals surface area contributed by atoms with Crippen molar-refractivity contribution in [1.82, 2.24) is 4.90 Å². The molecule has 0 aromatic carbocycles. The number of hydrogen-bond acceptors (Lipinski definition) is 4. The number of piperidine rings is 1. The van der Waals surface area contributed by atoms with Gasteiger partial charge >= 0.3 is 0 Å². The summed E-state index contributed by atoms with van der Waals surface area (Å²) in [5.74, 6) is 1.84. The van der Waals surface area contributed by atoms with Crippen LogP contribution in [0.25, 0.3) is 0 Å². The van der Waals surface area contributed by atoms with Crippen LogP contribution in [0.15, 0.2) is 12.2 Å². The summed E-state index contributed by atoms with van der Waals surface area (Å²) in [5.41, 5.74) is 1.55. The molecule has 9 aliphatic rings. The van der Waals surface area contributed by atoms with Crippen LogP contribution in [0.1, 0.15) is 51.9 Å². The van der Waals surface area contributed by atoms with Crippen molar-refractivity contribution in [2.45, 2.75) is 76.5 Å². The zero-order chi connectivity index (χ0) is 17.5. The molecule has 4 nitrogen and oxygen atoms in total. The summed E-state index contributed by atoms with van der Waals surface area (Å²) >= 11 is 0. The standard InChI is InChI=1S/C22H31NO3/c1-12-13-4-7-22(17(12)24)15(10-13)21-6-3-5-20(2)14(21)11-16(22)26-19(21)23-8-9-25-18(20)23/h13-19,24H,1,3-11H2,2H3/t13-,14+,15-,16?,17+,18-,19?,20+,21-,22+/m0/s1. The van der Waals surface area contributed by atoms with Crippen LogP contribution in [-0.4, -0.2) is 47.8 Å². The van der Waals surface area contributed by atoms with E-state index in [1.807, 2.05) is 0 Å². The Morgan fingerprint density at radius 3 is 2.88 bits per heavy atom. The van der Waals surface area contributed by atoms with Gasteiger partial charge in [-0.15, -0.1) is 0 Å². The van der Waals surface area contributed by atoms with Crippen molar-refractivity contribution in [3.63, 3.8) is 0 Å². The fraction of sp³-hybridized carbons (Fsp3) is 0.909. The molecule has 9 rings (SSSR count). The van der Waals surface area contributed by atoms with Crippen LogP contribution in [0, 0.1) is 34.0 Å². The molecule has 4 heterocycles. The number of aliphatic hydroxyl groups excluding tert-OH is 1. The van der Waals surface area contributed by atoms with E-state index < -0.39 is 0 Å². The van der Waals surface area contributed by atoms with Gasteiger partial charge < -0.3 is 14.6 Å². The lowest BCUT2D eigenvalue weighted by Gasteiger charge is -2.80. The van der Waals surface area contributed by atoms with Crippen molar-refractivity contribution in [3.8, 4) is 0 Å². The van der Waals surface area contributed by atoms with Gasteiger partial charge in [0.05, 0.1) is 18.8 Å². The first kappa shape index (κ1) is 15.5. The summed E-state index contributed by atoms with van der Waals surface area (Å²) in [6.45, 7) is 8.71. The second-order valence-corrected chi connectivity index (χ2v) is 10.8. The van der Waals surface area contributed by atoms with E-state index in [0.717, 1.165) is 31.6 Å². The normalized spacial score (nSPS) is 65.2. The number of hydrogen-bond donors (Lipinski definition) is 1. The largest absolute Gasteiger partial charge is 0.388 e. The van der Waals surface area contributed by atoms with Crippen LogP contribution in [0.2, 0.25) is 0 Å². The molecule has 26 heavy (non-hydrogen) atoms. The van der Waals surface area contributed by atoms with Crippen molar-refractivity contribution in [2.75, 3.05) is 13.2 Å². The topological polar surface area (TPSA) is 41.9 Å². The van der Waals surface area contributed by atoms with E-state index in [9.17, 15) is 5.11 Å². The third kappa shape index (κ3) is 1.32. The fourth-order valence-electron chi connectivity index (χ4n) is 9.72. The summed E-state index contributed by atoms with van der Waals surface area (Å²) < 4.78 is 13.2. The number of ether oxygens (including phenoxy) is 2. The average Bonchev–Trinajstić information content (AvgIpc) is 3.14. The summed E-state index contributed by atoms with van der Waals surface area (Å²) in [6, 6.07) is 0. The molecule has 4 aliphatic heterocycles. The Kier molecular flexibility index (Phi) is 2.64. The molecular formula is C22H31NO3. The molecular weight excluding hydrogens is 326 g/mol.